The Morgan fingerprint density at radius 2 is 1.86 bits per heavy atom. The molecule has 4 heterocycles. The summed E-state index contributed by atoms with van der Waals surface area (Å²) >= 11 is 1.65. The van der Waals surface area contributed by atoms with Crippen molar-refractivity contribution < 1.29 is 4.74 Å². The SMILES string of the molecule is c1ccc(OCC2CCN(c3ccc4nnc(-c5ccsc5)n4n3)CC2)cc1. The van der Waals surface area contributed by atoms with E-state index < -0.39 is 0 Å². The van der Waals surface area contributed by atoms with Crippen molar-refractivity contribution in [2.45, 2.75) is 12.8 Å². The van der Waals surface area contributed by atoms with Gasteiger partial charge in [0, 0.05) is 24.0 Å². The number of ether oxygens (including phenoxy) is 1. The number of nitrogens with zero attached hydrogens (tertiary/aromatic N) is 5. The van der Waals surface area contributed by atoms with Gasteiger partial charge in [0.15, 0.2) is 11.5 Å². The maximum absolute atomic E-state index is 5.94. The van der Waals surface area contributed by atoms with Crippen LogP contribution in [0.4, 0.5) is 5.82 Å². The summed E-state index contributed by atoms with van der Waals surface area (Å²) in [6.07, 6.45) is 2.21. The fraction of sp³-hybridized carbons (Fsp3) is 0.286. The Bertz CT molecular complexity index is 1040. The molecule has 5 rings (SSSR count). The van der Waals surface area contributed by atoms with E-state index in [9.17, 15) is 0 Å². The number of thiophene rings is 1. The second-order valence-corrected chi connectivity index (χ2v) is 7.83. The molecule has 0 amide bonds. The van der Waals surface area contributed by atoms with E-state index in [1.807, 2.05) is 58.4 Å². The molecule has 0 bridgehead atoms. The number of hydrogen-bond acceptors (Lipinski definition) is 6. The predicted octanol–water partition coefficient (Wildman–Crippen LogP) is 4.15. The Morgan fingerprint density at radius 1 is 1.00 bits per heavy atom. The molecule has 4 aromatic rings. The minimum absolute atomic E-state index is 0.580. The number of fused-ring (bicyclic) bond motifs is 1. The predicted molar refractivity (Wildman–Crippen MR) is 111 cm³/mol. The van der Waals surface area contributed by atoms with Crippen LogP contribution in [0.3, 0.4) is 0 Å². The minimum atomic E-state index is 0.580. The van der Waals surface area contributed by atoms with Crippen LogP contribution in [0.25, 0.3) is 17.0 Å². The molecule has 0 radical (unpaired) electrons. The fourth-order valence-electron chi connectivity index (χ4n) is 3.58. The lowest BCUT2D eigenvalue weighted by atomic mass is 9.98. The van der Waals surface area contributed by atoms with Gasteiger partial charge in [-0.2, -0.15) is 15.9 Å². The topological polar surface area (TPSA) is 55.5 Å². The number of piperidine rings is 1. The number of benzene rings is 1. The van der Waals surface area contributed by atoms with Crippen molar-refractivity contribution >= 4 is 22.8 Å². The van der Waals surface area contributed by atoms with Crippen LogP contribution in [-0.2, 0) is 0 Å². The molecule has 1 saturated heterocycles. The summed E-state index contributed by atoms with van der Waals surface area (Å²) in [7, 11) is 0. The number of aromatic nitrogens is 4. The van der Waals surface area contributed by atoms with Crippen LogP contribution < -0.4 is 9.64 Å². The molecule has 0 saturated carbocycles. The van der Waals surface area contributed by atoms with Crippen molar-refractivity contribution in [3.8, 4) is 17.1 Å². The average Bonchev–Trinajstić information content (AvgIpc) is 3.42. The summed E-state index contributed by atoms with van der Waals surface area (Å²) in [5, 5.41) is 17.5. The number of para-hydroxylation sites is 1. The van der Waals surface area contributed by atoms with Gasteiger partial charge in [-0.25, -0.2) is 0 Å². The summed E-state index contributed by atoms with van der Waals surface area (Å²) in [6.45, 7) is 2.74. The molecule has 142 valence electrons. The normalized spacial score (nSPS) is 15.2. The molecule has 1 fully saturated rings. The van der Waals surface area contributed by atoms with Gasteiger partial charge < -0.3 is 9.64 Å². The molecule has 0 unspecified atom stereocenters. The number of hydrogen-bond donors (Lipinski definition) is 0. The summed E-state index contributed by atoms with van der Waals surface area (Å²) in [5.74, 6) is 3.30. The van der Waals surface area contributed by atoms with E-state index in [1.54, 1.807) is 11.3 Å². The van der Waals surface area contributed by atoms with Crippen LogP contribution in [0.2, 0.25) is 0 Å². The maximum atomic E-state index is 5.94. The smallest absolute Gasteiger partial charge is 0.186 e. The van der Waals surface area contributed by atoms with E-state index >= 15 is 0 Å². The molecule has 7 heteroatoms. The highest BCUT2D eigenvalue weighted by atomic mass is 32.1. The van der Waals surface area contributed by atoms with E-state index in [0.29, 0.717) is 5.92 Å². The van der Waals surface area contributed by atoms with E-state index in [1.165, 1.54) is 0 Å². The highest BCUT2D eigenvalue weighted by Gasteiger charge is 2.22. The summed E-state index contributed by atoms with van der Waals surface area (Å²) < 4.78 is 7.79. The van der Waals surface area contributed by atoms with Gasteiger partial charge in [0.1, 0.15) is 11.6 Å². The molecule has 0 aliphatic carbocycles. The molecule has 0 N–H and O–H groups in total. The van der Waals surface area contributed by atoms with Crippen molar-refractivity contribution in [3.05, 3.63) is 59.3 Å². The highest BCUT2D eigenvalue weighted by Crippen LogP contribution is 2.25. The zero-order valence-corrected chi connectivity index (χ0v) is 16.3. The largest absolute Gasteiger partial charge is 0.493 e. The molecule has 28 heavy (non-hydrogen) atoms. The molecule has 1 aliphatic rings. The van der Waals surface area contributed by atoms with E-state index in [0.717, 1.165) is 61.1 Å². The van der Waals surface area contributed by atoms with Crippen LogP contribution >= 0.6 is 11.3 Å². The first kappa shape index (κ1) is 17.2. The zero-order valence-electron chi connectivity index (χ0n) is 15.4. The van der Waals surface area contributed by atoms with Crippen LogP contribution in [-0.4, -0.2) is 39.5 Å². The Morgan fingerprint density at radius 3 is 2.64 bits per heavy atom. The van der Waals surface area contributed by atoms with Crippen molar-refractivity contribution in [2.24, 2.45) is 5.92 Å². The van der Waals surface area contributed by atoms with Gasteiger partial charge in [0.2, 0.25) is 0 Å². The van der Waals surface area contributed by atoms with Crippen molar-refractivity contribution in [1.82, 2.24) is 19.8 Å². The molecule has 1 aliphatic heterocycles. The minimum Gasteiger partial charge on any atom is -0.493 e. The van der Waals surface area contributed by atoms with Crippen LogP contribution in [0.15, 0.2) is 59.3 Å². The molecule has 6 nitrogen and oxygen atoms in total. The van der Waals surface area contributed by atoms with Crippen LogP contribution in [0.1, 0.15) is 12.8 Å². The summed E-state index contributed by atoms with van der Waals surface area (Å²) in [4.78, 5) is 2.34. The Labute approximate surface area is 167 Å². The third-order valence-electron chi connectivity index (χ3n) is 5.20. The van der Waals surface area contributed by atoms with Crippen LogP contribution in [0.5, 0.6) is 5.75 Å². The van der Waals surface area contributed by atoms with E-state index in [4.69, 9.17) is 9.84 Å². The maximum Gasteiger partial charge on any atom is 0.186 e. The monoisotopic (exact) mass is 391 g/mol. The number of rotatable bonds is 5. The summed E-state index contributed by atoms with van der Waals surface area (Å²) in [6, 6.07) is 16.1. The quantitative estimate of drug-likeness (QED) is 0.512. The Kier molecular flexibility index (Phi) is 4.66. The standard InChI is InChI=1S/C21H21N5OS/c1-2-4-18(5-3-1)27-14-16-8-11-25(12-9-16)20-7-6-19-22-23-21(26(19)24-20)17-10-13-28-15-17/h1-7,10,13,15-16H,8-9,11-12,14H2. The first-order valence-corrected chi connectivity index (χ1v) is 10.5. The van der Waals surface area contributed by atoms with Crippen LogP contribution in [0, 0.1) is 5.92 Å². The van der Waals surface area contributed by atoms with Gasteiger partial charge in [0.05, 0.1) is 6.61 Å². The lowest BCUT2D eigenvalue weighted by molar-refractivity contribution is 0.222. The molecular formula is C21H21N5OS. The first-order chi connectivity index (χ1) is 13.9. The van der Waals surface area contributed by atoms with Crippen molar-refractivity contribution in [3.63, 3.8) is 0 Å². The third kappa shape index (κ3) is 3.45. The third-order valence-corrected chi connectivity index (χ3v) is 5.88. The fourth-order valence-corrected chi connectivity index (χ4v) is 4.21. The lowest BCUT2D eigenvalue weighted by Gasteiger charge is -2.32. The van der Waals surface area contributed by atoms with Gasteiger partial charge in [0.25, 0.3) is 0 Å². The first-order valence-electron chi connectivity index (χ1n) is 9.55. The van der Waals surface area contributed by atoms with Gasteiger partial charge in [-0.3, -0.25) is 0 Å². The molecule has 1 aromatic carbocycles. The summed E-state index contributed by atoms with van der Waals surface area (Å²) in [5.41, 5.74) is 1.83. The van der Waals surface area contributed by atoms with Gasteiger partial charge in [-0.1, -0.05) is 18.2 Å². The van der Waals surface area contributed by atoms with Gasteiger partial charge in [-0.15, -0.1) is 15.3 Å². The Hall–Kier alpha value is -2.93. The van der Waals surface area contributed by atoms with Crippen molar-refractivity contribution in [1.29, 1.82) is 0 Å². The number of anilines is 1. The molecule has 0 spiro atoms. The lowest BCUT2D eigenvalue weighted by Crippen LogP contribution is -2.36. The molecular weight excluding hydrogens is 370 g/mol. The van der Waals surface area contributed by atoms with Gasteiger partial charge in [-0.05, 0) is 54.5 Å². The second kappa shape index (κ2) is 7.59. The second-order valence-electron chi connectivity index (χ2n) is 7.05. The Balaban J connectivity index is 1.26. The molecule has 0 atom stereocenters. The average molecular weight is 392 g/mol. The van der Waals surface area contributed by atoms with Crippen molar-refractivity contribution in [2.75, 3.05) is 24.6 Å². The van der Waals surface area contributed by atoms with Gasteiger partial charge >= 0.3 is 0 Å². The zero-order chi connectivity index (χ0) is 18.8. The highest BCUT2D eigenvalue weighted by molar-refractivity contribution is 7.08. The molecule has 3 aromatic heterocycles. The van der Waals surface area contributed by atoms with E-state index in [2.05, 4.69) is 20.5 Å². The van der Waals surface area contributed by atoms with E-state index in [-0.39, 0.29) is 0 Å².